The highest BCUT2D eigenvalue weighted by Crippen LogP contribution is 2.41. The van der Waals surface area contributed by atoms with Crippen LogP contribution in [0.5, 0.6) is 5.75 Å². The quantitative estimate of drug-likeness (QED) is 0.0656. The number of nitrogens with one attached hydrogen (secondary N) is 5. The minimum Gasteiger partial charge on any atom is -0.506 e. The standard InChI is InChI=1S/C41H38N12O14S5/c1-12(30(42)59)43-31(60)18-9-71-39(48-18)26-22(56)5-15-25(50-26)17-7-69-37(45-17)16(6-54)44-32(61)19-10-72-40(49-19)27(28(57)29(58)41(65)66)53-34(63)21-11-70-38(47-21)24(14(3)67-4)52-35(64)23(13(2)55)51-33(62)20-8-68-36(15)46-20/h5,7-11,13,16,23,27-29,54-58H,1,6H2,2-4H3,(H2,42,59)(H,43,60)(H,44,61)(H,51,62)(H,52,64)(H,53,63)(H,65,66). The maximum absolute atomic E-state index is 13.9. The van der Waals surface area contributed by atoms with E-state index in [-0.39, 0.29) is 81.9 Å². The van der Waals surface area contributed by atoms with Crippen molar-refractivity contribution in [3.8, 4) is 38.4 Å². The molecule has 7 heterocycles. The number of nitrogens with two attached hydrogens (primary N) is 1. The summed E-state index contributed by atoms with van der Waals surface area (Å²) in [4.78, 5) is 118. The Morgan fingerprint density at radius 2 is 1.35 bits per heavy atom. The molecule has 0 saturated carbocycles. The van der Waals surface area contributed by atoms with Crippen LogP contribution < -0.4 is 32.3 Å². The fourth-order valence-electron chi connectivity index (χ4n) is 6.32. The molecule has 0 radical (unpaired) electrons. The first-order chi connectivity index (χ1) is 34.2. The van der Waals surface area contributed by atoms with Gasteiger partial charge in [-0.25, -0.2) is 34.7 Å². The van der Waals surface area contributed by atoms with Crippen molar-refractivity contribution in [3.63, 3.8) is 0 Å². The zero-order valence-electron chi connectivity index (χ0n) is 37.1. The average molecular weight is 1080 g/mol. The number of thiazole rings is 5. The van der Waals surface area contributed by atoms with Gasteiger partial charge >= 0.3 is 5.97 Å². The van der Waals surface area contributed by atoms with Crippen LogP contribution in [0.1, 0.15) is 82.9 Å². The highest BCUT2D eigenvalue weighted by molar-refractivity contribution is 7.14. The zero-order valence-corrected chi connectivity index (χ0v) is 41.2. The van der Waals surface area contributed by atoms with Crippen LogP contribution in [0.3, 0.4) is 0 Å². The summed E-state index contributed by atoms with van der Waals surface area (Å²) in [6.45, 7) is 5.35. The number of fused-ring (bicyclic) bond motifs is 11. The maximum atomic E-state index is 13.9. The van der Waals surface area contributed by atoms with Crippen molar-refractivity contribution < 1.29 is 68.9 Å². The van der Waals surface area contributed by atoms with Gasteiger partial charge in [0.2, 0.25) is 5.91 Å². The molecule has 13 N–H and O–H groups in total. The topological polar surface area (TPSA) is 414 Å². The molecule has 0 fully saturated rings. The van der Waals surface area contributed by atoms with Crippen LogP contribution in [0, 0.1) is 0 Å². The van der Waals surface area contributed by atoms with Gasteiger partial charge in [0, 0.05) is 32.5 Å². The Morgan fingerprint density at radius 3 is 1.99 bits per heavy atom. The van der Waals surface area contributed by atoms with E-state index in [4.69, 9.17) is 10.5 Å². The van der Waals surface area contributed by atoms with Gasteiger partial charge in [-0.3, -0.25) is 28.8 Å². The Balaban J connectivity index is 1.34. The van der Waals surface area contributed by atoms with Crippen LogP contribution in [0.15, 0.2) is 51.0 Å². The maximum Gasteiger partial charge on any atom is 0.335 e. The van der Waals surface area contributed by atoms with Crippen LogP contribution in [-0.4, -0.2) is 140 Å². The Bertz CT molecular complexity index is 3180. The van der Waals surface area contributed by atoms with E-state index in [1.54, 1.807) is 0 Å². The molecule has 26 nitrogen and oxygen atoms in total. The number of primary amides is 1. The van der Waals surface area contributed by atoms with E-state index in [0.717, 1.165) is 45.3 Å². The minimum absolute atomic E-state index is 0.0121. The van der Waals surface area contributed by atoms with Crippen LogP contribution >= 0.6 is 56.7 Å². The number of methoxy groups -OCH3 is 1. The molecule has 7 rings (SSSR count). The van der Waals surface area contributed by atoms with Gasteiger partial charge in [0.1, 0.15) is 106 Å². The van der Waals surface area contributed by atoms with E-state index in [0.29, 0.717) is 11.3 Å². The van der Waals surface area contributed by atoms with E-state index in [9.17, 15) is 64.2 Å². The van der Waals surface area contributed by atoms with Crippen LogP contribution in [-0.2, 0) is 19.1 Å². The first-order valence-electron chi connectivity index (χ1n) is 20.4. The van der Waals surface area contributed by atoms with Crippen LogP contribution in [0.2, 0.25) is 0 Å². The van der Waals surface area contributed by atoms with Gasteiger partial charge in [-0.05, 0) is 19.9 Å². The predicted octanol–water partition coefficient (Wildman–Crippen LogP) is 0.484. The number of aliphatic carboxylic acids is 1. The average Bonchev–Trinajstić information content (AvgIpc) is 4.22. The summed E-state index contributed by atoms with van der Waals surface area (Å²) in [5, 5.41) is 82.5. The Morgan fingerprint density at radius 1 is 0.778 bits per heavy atom. The number of aliphatic hydroxyl groups is 4. The van der Waals surface area contributed by atoms with E-state index in [1.807, 2.05) is 0 Å². The number of nitrogens with zero attached hydrogens (tertiary/aromatic N) is 6. The summed E-state index contributed by atoms with van der Waals surface area (Å²) in [6, 6.07) is -3.39. The van der Waals surface area contributed by atoms with E-state index in [1.165, 1.54) is 53.9 Å². The van der Waals surface area contributed by atoms with Crippen molar-refractivity contribution in [2.24, 2.45) is 5.73 Å². The highest BCUT2D eigenvalue weighted by atomic mass is 32.1. The SMILES string of the molecule is C=C(NC(=O)c1csc(-c2nc3c(cc2O)-c2nc(cs2)C(=O)NC(C(C)O)C(=O)NC(=C(C)OC)c2nc(cs2)C(=O)NC(C(O)C(O)C(=O)O)c2nc(cs2)C(=O)NC(CO)c2nc-3cs2)n1)C(N)=O. The second-order valence-electron chi connectivity index (χ2n) is 15.1. The smallest absolute Gasteiger partial charge is 0.335 e. The second-order valence-corrected chi connectivity index (χ2v) is 19.4. The molecule has 6 amide bonds. The lowest BCUT2D eigenvalue weighted by Crippen LogP contribution is -2.52. The molecule has 31 heteroatoms. The van der Waals surface area contributed by atoms with Crippen molar-refractivity contribution in [2.75, 3.05) is 13.7 Å². The Kier molecular flexibility index (Phi) is 15.9. The van der Waals surface area contributed by atoms with Crippen molar-refractivity contribution >= 4 is 104 Å². The number of carboxylic acid groups (broad SMARTS) is 1. The van der Waals surface area contributed by atoms with Gasteiger partial charge in [0.25, 0.3) is 29.5 Å². The number of aliphatic hydroxyl groups excluding tert-OH is 4. The summed E-state index contributed by atoms with van der Waals surface area (Å²) in [6.07, 6.45) is -6.23. The number of carbonyl (C=O) groups excluding carboxylic acids is 6. The van der Waals surface area contributed by atoms with Crippen molar-refractivity contribution in [2.45, 2.75) is 50.3 Å². The molecule has 376 valence electrons. The molecule has 0 spiro atoms. The number of allylic oxidation sites excluding steroid dienone is 1. The Hall–Kier alpha value is -7.49. The molecular weight excluding hydrogens is 1040 g/mol. The van der Waals surface area contributed by atoms with Gasteiger partial charge < -0.3 is 67.7 Å². The molecule has 8 bridgehead atoms. The number of amides is 6. The van der Waals surface area contributed by atoms with Crippen LogP contribution in [0.25, 0.3) is 38.4 Å². The molecular formula is C41H38N12O14S5. The number of carbonyl (C=O) groups is 7. The third-order valence-electron chi connectivity index (χ3n) is 10.2. The summed E-state index contributed by atoms with van der Waals surface area (Å²) in [5.74, 6) is -7.91. The molecule has 6 aromatic rings. The first kappa shape index (κ1) is 52.3. The zero-order chi connectivity index (χ0) is 52.3. The lowest BCUT2D eigenvalue weighted by atomic mass is 10.1. The lowest BCUT2D eigenvalue weighted by Gasteiger charge is -2.24. The normalized spacial score (nSPS) is 18.5. The summed E-state index contributed by atoms with van der Waals surface area (Å²) in [5.41, 5.74) is 3.64. The first-order valence-corrected chi connectivity index (χ1v) is 24.8. The van der Waals surface area contributed by atoms with Crippen molar-refractivity contribution in [3.05, 3.63) is 88.8 Å². The summed E-state index contributed by atoms with van der Waals surface area (Å²) in [7, 11) is 1.27. The molecule has 0 saturated heterocycles. The number of ether oxygens (including phenoxy) is 1. The minimum atomic E-state index is -2.46. The number of aromatic hydroxyl groups is 1. The number of hydrogen-bond donors (Lipinski definition) is 12. The highest BCUT2D eigenvalue weighted by Gasteiger charge is 2.37. The summed E-state index contributed by atoms with van der Waals surface area (Å²) < 4.78 is 5.37. The lowest BCUT2D eigenvalue weighted by molar-refractivity contribution is -0.154. The van der Waals surface area contributed by atoms with Gasteiger partial charge in [0.15, 0.2) is 6.10 Å². The number of rotatable bonds is 10. The van der Waals surface area contributed by atoms with Crippen LogP contribution in [0.4, 0.5) is 0 Å². The second kappa shape index (κ2) is 21.9. The molecule has 6 aromatic heterocycles. The van der Waals surface area contributed by atoms with E-state index >= 15 is 0 Å². The number of aromatic nitrogens is 6. The van der Waals surface area contributed by atoms with E-state index in [2.05, 4.69) is 63.1 Å². The van der Waals surface area contributed by atoms with E-state index < -0.39 is 95.9 Å². The predicted molar refractivity (Wildman–Crippen MR) is 257 cm³/mol. The number of hydrogen-bond acceptors (Lipinski definition) is 24. The molecule has 1 aliphatic heterocycles. The third-order valence-corrected chi connectivity index (χ3v) is 14.6. The monoisotopic (exact) mass is 1080 g/mol. The number of carboxylic acids is 1. The molecule has 1 aliphatic rings. The Labute approximate surface area is 424 Å². The molecule has 6 atom stereocenters. The molecule has 72 heavy (non-hydrogen) atoms. The summed E-state index contributed by atoms with van der Waals surface area (Å²) >= 11 is 4.30. The molecule has 0 aromatic carbocycles. The van der Waals surface area contributed by atoms with Gasteiger partial charge in [-0.15, -0.1) is 56.7 Å². The van der Waals surface area contributed by atoms with Crippen molar-refractivity contribution in [1.29, 1.82) is 0 Å². The van der Waals surface area contributed by atoms with Gasteiger partial charge in [-0.2, -0.15) is 0 Å². The molecule has 6 unspecified atom stereocenters. The largest absolute Gasteiger partial charge is 0.506 e. The fraction of sp³-hybridized carbons (Fsp3) is 0.244. The van der Waals surface area contributed by atoms with Crippen molar-refractivity contribution in [1.82, 2.24) is 56.5 Å². The third kappa shape index (κ3) is 11.2. The van der Waals surface area contributed by atoms with Gasteiger partial charge in [0.05, 0.1) is 25.5 Å². The fourth-order valence-corrected chi connectivity index (χ4v) is 10.5. The number of pyridine rings is 1. The molecule has 0 aliphatic carbocycles. The van der Waals surface area contributed by atoms with Gasteiger partial charge in [-0.1, -0.05) is 6.58 Å².